The molecule has 0 nitrogen and oxygen atoms in total. The Balaban J connectivity index is 2.20. The van der Waals surface area contributed by atoms with Gasteiger partial charge in [0, 0.05) is 0 Å². The van der Waals surface area contributed by atoms with Gasteiger partial charge >= 0.3 is 0 Å². The summed E-state index contributed by atoms with van der Waals surface area (Å²) in [6.07, 6.45) is 0. The number of thioether (sulfide) groups is 1. The molecule has 0 aromatic carbocycles. The van der Waals surface area contributed by atoms with Crippen LogP contribution in [0.3, 0.4) is 0 Å². The molecule has 0 amide bonds. The SMILES string of the molecule is ClC1SC1Cl. The Labute approximate surface area is 44.8 Å². The molecular formula is C2H2Cl2S. The normalized spacial score (nSPS) is 49.2. The average molecular weight is 129 g/mol. The molecule has 0 N–H and O–H groups in total. The summed E-state index contributed by atoms with van der Waals surface area (Å²) in [6.45, 7) is 0. The quantitative estimate of drug-likeness (QED) is 0.355. The maximum atomic E-state index is 5.37. The third-order valence-electron chi connectivity index (χ3n) is 0.389. The lowest BCUT2D eigenvalue weighted by atomic mass is 11.0. The van der Waals surface area contributed by atoms with Gasteiger partial charge in [0.05, 0.1) is 0 Å². The van der Waals surface area contributed by atoms with Gasteiger partial charge in [0.15, 0.2) is 0 Å². The average Bonchev–Trinajstić information content (AvgIpc) is 1.79. The van der Waals surface area contributed by atoms with E-state index < -0.39 is 0 Å². The van der Waals surface area contributed by atoms with Gasteiger partial charge in [-0.15, -0.1) is 35.0 Å². The second kappa shape index (κ2) is 1.21. The summed E-state index contributed by atoms with van der Waals surface area (Å²) in [6, 6.07) is 0. The van der Waals surface area contributed by atoms with E-state index in [9.17, 15) is 0 Å². The number of alkyl halides is 2. The highest BCUT2D eigenvalue weighted by atomic mass is 35.5. The molecule has 0 aliphatic carbocycles. The molecule has 1 heterocycles. The van der Waals surface area contributed by atoms with Crippen molar-refractivity contribution in [3.8, 4) is 0 Å². The molecular weight excluding hydrogens is 127 g/mol. The zero-order valence-corrected chi connectivity index (χ0v) is 4.65. The number of hydrogen-bond acceptors (Lipinski definition) is 1. The van der Waals surface area contributed by atoms with Gasteiger partial charge in [0.1, 0.15) is 9.42 Å². The molecule has 0 bridgehead atoms. The van der Waals surface area contributed by atoms with Crippen LogP contribution in [0.1, 0.15) is 0 Å². The van der Waals surface area contributed by atoms with Gasteiger partial charge in [-0.1, -0.05) is 0 Å². The maximum Gasteiger partial charge on any atom is 0.106 e. The topological polar surface area (TPSA) is 0 Å². The van der Waals surface area contributed by atoms with Gasteiger partial charge in [-0.2, -0.15) is 0 Å². The van der Waals surface area contributed by atoms with Crippen LogP contribution in [0.15, 0.2) is 0 Å². The molecule has 0 spiro atoms. The fourth-order valence-electron chi connectivity index (χ4n) is 0.0788. The van der Waals surface area contributed by atoms with Crippen molar-refractivity contribution < 1.29 is 0 Å². The van der Waals surface area contributed by atoms with Crippen molar-refractivity contribution >= 4 is 35.0 Å². The van der Waals surface area contributed by atoms with Crippen molar-refractivity contribution in [2.75, 3.05) is 0 Å². The van der Waals surface area contributed by atoms with E-state index in [4.69, 9.17) is 23.2 Å². The first-order valence-corrected chi connectivity index (χ1v) is 3.06. The lowest BCUT2D eigenvalue weighted by Gasteiger charge is -1.58. The van der Waals surface area contributed by atoms with Crippen LogP contribution in [0.5, 0.6) is 0 Å². The maximum absolute atomic E-state index is 5.37. The second-order valence-electron chi connectivity index (χ2n) is 0.838. The highest BCUT2D eigenvalue weighted by Crippen LogP contribution is 2.46. The molecule has 0 aromatic heterocycles. The number of halogens is 2. The molecule has 0 aromatic rings. The lowest BCUT2D eigenvalue weighted by Crippen LogP contribution is -1.63. The van der Waals surface area contributed by atoms with Crippen LogP contribution >= 0.6 is 35.0 Å². The van der Waals surface area contributed by atoms with E-state index in [1.807, 2.05) is 0 Å². The van der Waals surface area contributed by atoms with E-state index in [0.717, 1.165) is 0 Å². The van der Waals surface area contributed by atoms with E-state index in [1.54, 1.807) is 11.8 Å². The van der Waals surface area contributed by atoms with Gasteiger partial charge in [-0.3, -0.25) is 0 Å². The Morgan fingerprint density at radius 2 is 1.40 bits per heavy atom. The Hall–Kier alpha value is 0.930. The van der Waals surface area contributed by atoms with E-state index in [1.165, 1.54) is 0 Å². The molecule has 0 saturated carbocycles. The van der Waals surface area contributed by atoms with Crippen molar-refractivity contribution in [2.45, 2.75) is 9.42 Å². The summed E-state index contributed by atoms with van der Waals surface area (Å²) < 4.78 is 0.410. The Morgan fingerprint density at radius 1 is 1.20 bits per heavy atom. The molecule has 2 unspecified atom stereocenters. The molecule has 30 valence electrons. The van der Waals surface area contributed by atoms with E-state index in [0.29, 0.717) is 0 Å². The van der Waals surface area contributed by atoms with Crippen LogP contribution in [0.25, 0.3) is 0 Å². The zero-order chi connectivity index (χ0) is 3.86. The van der Waals surface area contributed by atoms with E-state index in [2.05, 4.69) is 0 Å². The molecule has 1 rings (SSSR count). The van der Waals surface area contributed by atoms with Gasteiger partial charge in [-0.05, 0) is 0 Å². The van der Waals surface area contributed by atoms with Crippen molar-refractivity contribution in [2.24, 2.45) is 0 Å². The minimum atomic E-state index is 0.205. The number of hydrogen-bond donors (Lipinski definition) is 0. The first kappa shape index (κ1) is 4.10. The van der Waals surface area contributed by atoms with Crippen molar-refractivity contribution in [1.29, 1.82) is 0 Å². The van der Waals surface area contributed by atoms with Crippen molar-refractivity contribution in [3.63, 3.8) is 0 Å². The molecule has 1 aliphatic heterocycles. The first-order valence-electron chi connectivity index (χ1n) is 1.24. The predicted molar refractivity (Wildman–Crippen MR) is 26.9 cm³/mol. The van der Waals surface area contributed by atoms with Gasteiger partial charge in [0.25, 0.3) is 0 Å². The molecule has 1 saturated heterocycles. The minimum absolute atomic E-state index is 0.205. The van der Waals surface area contributed by atoms with E-state index in [-0.39, 0.29) is 9.42 Å². The van der Waals surface area contributed by atoms with Gasteiger partial charge in [-0.25, -0.2) is 0 Å². The molecule has 3 heteroatoms. The molecule has 1 fully saturated rings. The van der Waals surface area contributed by atoms with Crippen LogP contribution < -0.4 is 0 Å². The molecule has 1 aliphatic rings. The summed E-state index contributed by atoms with van der Waals surface area (Å²) in [5.74, 6) is 0. The van der Waals surface area contributed by atoms with Crippen LogP contribution in [-0.2, 0) is 0 Å². The Kier molecular flexibility index (Phi) is 0.993. The molecule has 5 heavy (non-hydrogen) atoms. The van der Waals surface area contributed by atoms with Crippen LogP contribution in [0.4, 0.5) is 0 Å². The van der Waals surface area contributed by atoms with Gasteiger partial charge < -0.3 is 0 Å². The Morgan fingerprint density at radius 3 is 1.40 bits per heavy atom. The minimum Gasteiger partial charge on any atom is -0.118 e. The predicted octanol–water partition coefficient (Wildman–Crippen LogP) is 1.86. The molecule has 2 atom stereocenters. The summed E-state index contributed by atoms with van der Waals surface area (Å²) in [5, 5.41) is 0. The van der Waals surface area contributed by atoms with E-state index >= 15 is 0 Å². The Bertz CT molecular complexity index is 40.9. The standard InChI is InChI=1S/C2H2Cl2S/c3-1-2(4)5-1/h1-2H. The first-order chi connectivity index (χ1) is 2.30. The van der Waals surface area contributed by atoms with Crippen LogP contribution in [0.2, 0.25) is 0 Å². The fourth-order valence-corrected chi connectivity index (χ4v) is 1.06. The number of rotatable bonds is 0. The van der Waals surface area contributed by atoms with Crippen LogP contribution in [0, 0.1) is 0 Å². The highest BCUT2D eigenvalue weighted by molar-refractivity contribution is 8.10. The largest absolute Gasteiger partial charge is 0.118 e. The summed E-state index contributed by atoms with van der Waals surface area (Å²) >= 11 is 12.3. The smallest absolute Gasteiger partial charge is 0.106 e. The monoisotopic (exact) mass is 128 g/mol. The summed E-state index contributed by atoms with van der Waals surface area (Å²) in [7, 11) is 0. The summed E-state index contributed by atoms with van der Waals surface area (Å²) in [4.78, 5) is 0. The van der Waals surface area contributed by atoms with Gasteiger partial charge in [0.2, 0.25) is 0 Å². The lowest BCUT2D eigenvalue weighted by molar-refractivity contribution is 1.50. The zero-order valence-electron chi connectivity index (χ0n) is 2.32. The molecule has 0 radical (unpaired) electrons. The summed E-state index contributed by atoms with van der Waals surface area (Å²) in [5.41, 5.74) is 0. The third kappa shape index (κ3) is 0.881. The third-order valence-corrected chi connectivity index (χ3v) is 2.69. The van der Waals surface area contributed by atoms with Crippen LogP contribution in [-0.4, -0.2) is 9.42 Å². The fraction of sp³-hybridized carbons (Fsp3) is 1.00. The van der Waals surface area contributed by atoms with Crippen molar-refractivity contribution in [3.05, 3.63) is 0 Å². The van der Waals surface area contributed by atoms with Crippen molar-refractivity contribution in [1.82, 2.24) is 0 Å². The highest BCUT2D eigenvalue weighted by Gasteiger charge is 2.33. The second-order valence-corrected chi connectivity index (χ2v) is 3.58.